The highest BCUT2D eigenvalue weighted by Crippen LogP contribution is 2.24. The van der Waals surface area contributed by atoms with E-state index >= 15 is 0 Å². The van der Waals surface area contributed by atoms with E-state index in [-0.39, 0.29) is 23.2 Å². The van der Waals surface area contributed by atoms with E-state index in [9.17, 15) is 13.2 Å². The molecule has 2 rings (SSSR count). The Bertz CT molecular complexity index is 688. The summed E-state index contributed by atoms with van der Waals surface area (Å²) < 4.78 is 32.2. The first kappa shape index (κ1) is 17.7. The molecule has 124 valence electrons. The predicted molar refractivity (Wildman–Crippen MR) is 87.6 cm³/mol. The van der Waals surface area contributed by atoms with Gasteiger partial charge in [0.1, 0.15) is 6.61 Å². The maximum absolute atomic E-state index is 12.7. The van der Waals surface area contributed by atoms with Gasteiger partial charge in [-0.15, -0.1) is 6.42 Å². The second-order valence-electron chi connectivity index (χ2n) is 5.67. The van der Waals surface area contributed by atoms with Gasteiger partial charge in [-0.1, -0.05) is 18.1 Å². The molecule has 1 aliphatic heterocycles. The minimum Gasteiger partial charge on any atom is -0.368 e. The normalized spacial score (nSPS) is 19.2. The Balaban J connectivity index is 2.09. The standard InChI is InChI=1S/C17H21NO4S/c1-3-11-22-13-15-5-4-10-18(12-15)23(20,21)17-8-6-16(7-9-17)14(2)19/h1,6-9,15H,4-5,10-13H2,2H3/t15-/m1/s1. The fraction of sp³-hybridized carbons (Fsp3) is 0.471. The summed E-state index contributed by atoms with van der Waals surface area (Å²) in [6.45, 7) is 3.11. The van der Waals surface area contributed by atoms with Gasteiger partial charge in [-0.25, -0.2) is 8.42 Å². The summed E-state index contributed by atoms with van der Waals surface area (Å²) in [6, 6.07) is 6.08. The Morgan fingerprint density at radius 3 is 2.70 bits per heavy atom. The second kappa shape index (κ2) is 7.73. The summed E-state index contributed by atoms with van der Waals surface area (Å²) in [5.41, 5.74) is 0.503. The molecule has 1 aliphatic rings. The SMILES string of the molecule is C#CCOC[C@@H]1CCCN(S(=O)(=O)c2ccc(C(C)=O)cc2)C1. The number of Topliss-reactive ketones (excluding diaryl/α,β-unsaturated/α-hetero) is 1. The number of sulfonamides is 1. The van der Waals surface area contributed by atoms with Gasteiger partial charge in [-0.2, -0.15) is 4.31 Å². The number of benzene rings is 1. The van der Waals surface area contributed by atoms with Gasteiger partial charge >= 0.3 is 0 Å². The van der Waals surface area contributed by atoms with E-state index in [1.807, 2.05) is 0 Å². The minimum atomic E-state index is -3.54. The Morgan fingerprint density at radius 1 is 1.39 bits per heavy atom. The average Bonchev–Trinajstić information content (AvgIpc) is 2.55. The molecule has 0 bridgehead atoms. The molecule has 0 aromatic heterocycles. The van der Waals surface area contributed by atoms with Crippen LogP contribution >= 0.6 is 0 Å². The number of ether oxygens (including phenoxy) is 1. The average molecular weight is 335 g/mol. The zero-order valence-corrected chi connectivity index (χ0v) is 14.0. The smallest absolute Gasteiger partial charge is 0.243 e. The van der Waals surface area contributed by atoms with Crippen molar-refractivity contribution in [3.63, 3.8) is 0 Å². The monoisotopic (exact) mass is 335 g/mol. The lowest BCUT2D eigenvalue weighted by atomic mass is 10.0. The molecule has 0 aliphatic carbocycles. The summed E-state index contributed by atoms with van der Waals surface area (Å²) in [6.07, 6.45) is 6.88. The van der Waals surface area contributed by atoms with Crippen LogP contribution in [-0.2, 0) is 14.8 Å². The largest absolute Gasteiger partial charge is 0.368 e. The van der Waals surface area contributed by atoms with Gasteiger partial charge < -0.3 is 4.74 Å². The first-order chi connectivity index (χ1) is 10.9. The van der Waals surface area contributed by atoms with Crippen LogP contribution in [0.2, 0.25) is 0 Å². The number of carbonyl (C=O) groups is 1. The van der Waals surface area contributed by atoms with E-state index in [0.717, 1.165) is 12.8 Å². The Hall–Kier alpha value is -1.68. The number of carbonyl (C=O) groups excluding carboxylic acids is 1. The Kier molecular flexibility index (Phi) is 5.94. The maximum Gasteiger partial charge on any atom is 0.243 e. The van der Waals surface area contributed by atoms with E-state index in [4.69, 9.17) is 11.2 Å². The molecule has 1 atom stereocenters. The minimum absolute atomic E-state index is 0.0855. The van der Waals surface area contributed by atoms with Crippen molar-refractivity contribution in [1.82, 2.24) is 4.31 Å². The molecule has 0 unspecified atom stereocenters. The summed E-state index contributed by atoms with van der Waals surface area (Å²) in [4.78, 5) is 11.5. The van der Waals surface area contributed by atoms with Gasteiger partial charge in [-0.3, -0.25) is 4.79 Å². The lowest BCUT2D eigenvalue weighted by Gasteiger charge is -2.31. The molecule has 0 N–H and O–H groups in total. The molecule has 0 radical (unpaired) electrons. The summed E-state index contributed by atoms with van der Waals surface area (Å²) >= 11 is 0. The molecule has 0 amide bonds. The fourth-order valence-corrected chi connectivity index (χ4v) is 4.23. The van der Waals surface area contributed by atoms with Gasteiger partial charge in [0.25, 0.3) is 0 Å². The van der Waals surface area contributed by atoms with Crippen LogP contribution < -0.4 is 0 Å². The topological polar surface area (TPSA) is 63.7 Å². The molecule has 1 heterocycles. The molecular weight excluding hydrogens is 314 g/mol. The second-order valence-corrected chi connectivity index (χ2v) is 7.61. The first-order valence-corrected chi connectivity index (χ1v) is 9.01. The zero-order chi connectivity index (χ0) is 16.9. The first-order valence-electron chi connectivity index (χ1n) is 7.57. The molecule has 23 heavy (non-hydrogen) atoms. The number of hydrogen-bond acceptors (Lipinski definition) is 4. The van der Waals surface area contributed by atoms with Gasteiger partial charge in [0, 0.05) is 18.7 Å². The van der Waals surface area contributed by atoms with E-state index in [2.05, 4.69) is 5.92 Å². The van der Waals surface area contributed by atoms with E-state index in [1.54, 1.807) is 12.1 Å². The molecule has 5 nitrogen and oxygen atoms in total. The van der Waals surface area contributed by atoms with Crippen LogP contribution in [0.15, 0.2) is 29.2 Å². The quantitative estimate of drug-likeness (QED) is 0.453. The van der Waals surface area contributed by atoms with E-state index in [0.29, 0.717) is 25.3 Å². The predicted octanol–water partition coefficient (Wildman–Crippen LogP) is 1.94. The summed E-state index contributed by atoms with van der Waals surface area (Å²) in [7, 11) is -3.54. The van der Waals surface area contributed by atoms with Crippen LogP contribution in [0.1, 0.15) is 30.1 Å². The third-order valence-corrected chi connectivity index (χ3v) is 5.80. The number of piperidine rings is 1. The number of rotatable bonds is 6. The molecule has 1 fully saturated rings. The molecule has 1 aromatic rings. The van der Waals surface area contributed by atoms with Gasteiger partial charge in [0.15, 0.2) is 5.78 Å². The van der Waals surface area contributed by atoms with Gasteiger partial charge in [-0.05, 0) is 37.8 Å². The lowest BCUT2D eigenvalue weighted by molar-refractivity contribution is 0.0989. The number of nitrogens with zero attached hydrogens (tertiary/aromatic N) is 1. The summed E-state index contributed by atoms with van der Waals surface area (Å²) in [5.74, 6) is 2.48. The van der Waals surface area contributed by atoms with Crippen LogP contribution in [-0.4, -0.2) is 44.8 Å². The van der Waals surface area contributed by atoms with E-state index < -0.39 is 10.0 Å². The van der Waals surface area contributed by atoms with Gasteiger partial charge in [0.05, 0.1) is 11.5 Å². The van der Waals surface area contributed by atoms with Crippen LogP contribution in [0.25, 0.3) is 0 Å². The van der Waals surface area contributed by atoms with Crippen LogP contribution in [0.4, 0.5) is 0 Å². The van der Waals surface area contributed by atoms with Crippen molar-refractivity contribution in [3.8, 4) is 12.3 Å². The highest BCUT2D eigenvalue weighted by atomic mass is 32.2. The van der Waals surface area contributed by atoms with Crippen molar-refractivity contribution in [2.24, 2.45) is 5.92 Å². The third-order valence-electron chi connectivity index (χ3n) is 3.92. The Morgan fingerprint density at radius 2 is 2.09 bits per heavy atom. The summed E-state index contributed by atoms with van der Waals surface area (Å²) in [5, 5.41) is 0. The molecule has 1 aromatic carbocycles. The third kappa shape index (κ3) is 4.41. The number of hydrogen-bond donors (Lipinski definition) is 0. The van der Waals surface area contributed by atoms with Crippen molar-refractivity contribution in [2.75, 3.05) is 26.3 Å². The molecule has 6 heteroatoms. The lowest BCUT2D eigenvalue weighted by Crippen LogP contribution is -2.41. The van der Waals surface area contributed by atoms with Crippen LogP contribution in [0, 0.1) is 18.3 Å². The maximum atomic E-state index is 12.7. The highest BCUT2D eigenvalue weighted by molar-refractivity contribution is 7.89. The van der Waals surface area contributed by atoms with E-state index in [1.165, 1.54) is 23.4 Å². The van der Waals surface area contributed by atoms with Crippen LogP contribution in [0.5, 0.6) is 0 Å². The molecule has 0 spiro atoms. The van der Waals surface area contributed by atoms with Crippen molar-refractivity contribution in [1.29, 1.82) is 0 Å². The van der Waals surface area contributed by atoms with Crippen molar-refractivity contribution in [2.45, 2.75) is 24.7 Å². The molecule has 1 saturated heterocycles. The van der Waals surface area contributed by atoms with Crippen molar-refractivity contribution >= 4 is 15.8 Å². The van der Waals surface area contributed by atoms with Crippen LogP contribution in [0.3, 0.4) is 0 Å². The molecular formula is C17H21NO4S. The molecule has 0 saturated carbocycles. The zero-order valence-electron chi connectivity index (χ0n) is 13.2. The Labute approximate surface area is 137 Å². The van der Waals surface area contributed by atoms with Crippen molar-refractivity contribution < 1.29 is 17.9 Å². The van der Waals surface area contributed by atoms with Gasteiger partial charge in [0.2, 0.25) is 10.0 Å². The van der Waals surface area contributed by atoms with Crippen molar-refractivity contribution in [3.05, 3.63) is 29.8 Å². The fourth-order valence-electron chi connectivity index (χ4n) is 2.68. The number of terminal acetylenes is 1. The highest BCUT2D eigenvalue weighted by Gasteiger charge is 2.30. The number of ketones is 1.